The molecule has 1 amide bonds. The van der Waals surface area contributed by atoms with Crippen molar-refractivity contribution in [3.63, 3.8) is 0 Å². The van der Waals surface area contributed by atoms with Crippen LogP contribution < -0.4 is 10.2 Å². The summed E-state index contributed by atoms with van der Waals surface area (Å²) in [6.45, 7) is 0.113. The first-order valence-corrected chi connectivity index (χ1v) is 10.9. The Balaban J connectivity index is 1.48. The number of halogens is 1. The van der Waals surface area contributed by atoms with E-state index >= 15 is 0 Å². The zero-order valence-electron chi connectivity index (χ0n) is 17.6. The van der Waals surface area contributed by atoms with Crippen LogP contribution in [-0.4, -0.2) is 22.2 Å². The van der Waals surface area contributed by atoms with E-state index in [9.17, 15) is 20.0 Å². The van der Waals surface area contributed by atoms with Crippen molar-refractivity contribution < 1.29 is 19.6 Å². The van der Waals surface area contributed by atoms with Gasteiger partial charge in [-0.1, -0.05) is 52.3 Å². The molecule has 0 radical (unpaired) electrons. The van der Waals surface area contributed by atoms with Gasteiger partial charge in [0, 0.05) is 22.2 Å². The number of fused-ring (bicyclic) bond motifs is 1. The molecule has 34 heavy (non-hydrogen) atoms. The fourth-order valence-electron chi connectivity index (χ4n) is 3.30. The van der Waals surface area contributed by atoms with Crippen LogP contribution in [0.25, 0.3) is 10.8 Å². The van der Waals surface area contributed by atoms with E-state index in [1.165, 1.54) is 24.4 Å². The Hall–Kier alpha value is -4.24. The van der Waals surface area contributed by atoms with Gasteiger partial charge in [0.15, 0.2) is 0 Å². The Morgan fingerprint density at radius 1 is 1.06 bits per heavy atom. The number of nitrogens with zero attached hydrogens (tertiary/aromatic N) is 2. The monoisotopic (exact) mass is 519 g/mol. The van der Waals surface area contributed by atoms with Crippen molar-refractivity contribution >= 4 is 44.5 Å². The van der Waals surface area contributed by atoms with Gasteiger partial charge in [-0.3, -0.25) is 14.9 Å². The molecule has 0 aliphatic rings. The van der Waals surface area contributed by atoms with Crippen LogP contribution in [-0.2, 0) is 6.61 Å². The highest BCUT2D eigenvalue weighted by Gasteiger charge is 2.12. The third kappa shape index (κ3) is 5.38. The number of amides is 1. The number of carbonyl (C=O) groups excluding carboxylic acids is 1. The molecule has 8 nitrogen and oxygen atoms in total. The summed E-state index contributed by atoms with van der Waals surface area (Å²) in [6, 6.07) is 22.0. The molecule has 4 rings (SSSR count). The van der Waals surface area contributed by atoms with Gasteiger partial charge in [-0.05, 0) is 46.7 Å². The summed E-state index contributed by atoms with van der Waals surface area (Å²) < 4.78 is 6.61. The van der Waals surface area contributed by atoms with Gasteiger partial charge in [0.1, 0.15) is 18.1 Å². The highest BCUT2D eigenvalue weighted by atomic mass is 79.9. The number of non-ortho nitro benzene ring substituents is 1. The minimum Gasteiger partial charge on any atom is -0.507 e. The first kappa shape index (κ1) is 22.9. The van der Waals surface area contributed by atoms with Crippen LogP contribution in [0.4, 0.5) is 5.69 Å². The normalized spacial score (nSPS) is 11.0. The Bertz CT molecular complexity index is 1420. The number of hydrogen-bond acceptors (Lipinski definition) is 6. The summed E-state index contributed by atoms with van der Waals surface area (Å²) in [6.07, 6.45) is 1.42. The highest BCUT2D eigenvalue weighted by molar-refractivity contribution is 9.10. The molecule has 0 saturated carbocycles. The second kappa shape index (κ2) is 10.1. The SMILES string of the molecule is O=C(NN=Cc1cc(Br)ccc1OCc1cccc([N+](=O)[O-])c1)c1cc2ccccc2cc1O. The molecule has 170 valence electrons. The Labute approximate surface area is 202 Å². The standard InChI is InChI=1S/C25H18BrN3O5/c26-20-8-9-24(34-15-16-4-3-7-21(10-16)29(32)33)19(11-20)14-27-28-25(31)22-12-17-5-1-2-6-18(17)13-23(22)30/h1-14,30H,15H2,(H,28,31). The van der Waals surface area contributed by atoms with Crippen LogP contribution in [0.1, 0.15) is 21.5 Å². The molecule has 0 fully saturated rings. The molecule has 2 N–H and O–H groups in total. The molecule has 0 aliphatic heterocycles. The van der Waals surface area contributed by atoms with E-state index in [1.807, 2.05) is 24.3 Å². The average molecular weight is 520 g/mol. The number of hydrogen-bond donors (Lipinski definition) is 2. The number of carbonyl (C=O) groups is 1. The lowest BCUT2D eigenvalue weighted by Crippen LogP contribution is -2.17. The predicted octanol–water partition coefficient (Wildman–Crippen LogP) is 5.56. The second-order valence-electron chi connectivity index (χ2n) is 7.31. The van der Waals surface area contributed by atoms with Gasteiger partial charge in [0.05, 0.1) is 16.7 Å². The van der Waals surface area contributed by atoms with E-state index in [1.54, 1.807) is 36.4 Å². The van der Waals surface area contributed by atoms with Crippen molar-refractivity contribution in [1.29, 1.82) is 0 Å². The van der Waals surface area contributed by atoms with Gasteiger partial charge in [-0.15, -0.1) is 0 Å². The average Bonchev–Trinajstić information content (AvgIpc) is 2.83. The molecule has 0 saturated heterocycles. The Kier molecular flexibility index (Phi) is 6.84. The third-order valence-electron chi connectivity index (χ3n) is 4.97. The first-order chi connectivity index (χ1) is 16.4. The summed E-state index contributed by atoms with van der Waals surface area (Å²) in [7, 11) is 0. The number of nitrogens with one attached hydrogen (secondary N) is 1. The maximum absolute atomic E-state index is 12.6. The summed E-state index contributed by atoms with van der Waals surface area (Å²) in [5.74, 6) is -0.232. The number of hydrazone groups is 1. The van der Waals surface area contributed by atoms with Gasteiger partial charge in [-0.25, -0.2) is 5.43 Å². The molecule has 0 unspecified atom stereocenters. The lowest BCUT2D eigenvalue weighted by Gasteiger charge is -2.10. The van der Waals surface area contributed by atoms with Crippen molar-refractivity contribution in [2.75, 3.05) is 0 Å². The number of phenolic OH excluding ortho intramolecular Hbond substituents is 1. The molecular formula is C25H18BrN3O5. The lowest BCUT2D eigenvalue weighted by molar-refractivity contribution is -0.384. The maximum atomic E-state index is 12.6. The first-order valence-electron chi connectivity index (χ1n) is 10.1. The van der Waals surface area contributed by atoms with E-state index in [-0.39, 0.29) is 23.6 Å². The van der Waals surface area contributed by atoms with E-state index in [0.29, 0.717) is 16.9 Å². The molecule has 0 aliphatic carbocycles. The van der Waals surface area contributed by atoms with Gasteiger partial charge in [0.25, 0.3) is 11.6 Å². The van der Waals surface area contributed by atoms with Gasteiger partial charge < -0.3 is 9.84 Å². The van der Waals surface area contributed by atoms with Gasteiger partial charge in [0.2, 0.25) is 0 Å². The fourth-order valence-corrected chi connectivity index (χ4v) is 3.68. The summed E-state index contributed by atoms with van der Waals surface area (Å²) in [5, 5.41) is 26.8. The summed E-state index contributed by atoms with van der Waals surface area (Å²) in [4.78, 5) is 23.1. The number of nitro groups is 1. The molecule has 0 spiro atoms. The highest BCUT2D eigenvalue weighted by Crippen LogP contribution is 2.26. The minimum absolute atomic E-state index is 0.0154. The topological polar surface area (TPSA) is 114 Å². The van der Waals surface area contributed by atoms with Crippen molar-refractivity contribution in [2.45, 2.75) is 6.61 Å². The summed E-state index contributed by atoms with van der Waals surface area (Å²) in [5.41, 5.74) is 3.72. The summed E-state index contributed by atoms with van der Waals surface area (Å²) >= 11 is 3.40. The van der Waals surface area contributed by atoms with Gasteiger partial charge >= 0.3 is 0 Å². The van der Waals surface area contributed by atoms with Crippen LogP contribution in [0.5, 0.6) is 11.5 Å². The van der Waals surface area contributed by atoms with E-state index in [0.717, 1.165) is 15.2 Å². The van der Waals surface area contributed by atoms with Crippen molar-refractivity contribution in [2.24, 2.45) is 5.10 Å². The van der Waals surface area contributed by atoms with Crippen molar-refractivity contribution in [1.82, 2.24) is 5.43 Å². The van der Waals surface area contributed by atoms with Crippen molar-refractivity contribution in [3.05, 3.63) is 110 Å². The minimum atomic E-state index is -0.562. The number of nitro benzene ring substituents is 1. The second-order valence-corrected chi connectivity index (χ2v) is 8.23. The number of benzene rings is 4. The molecule has 4 aromatic rings. The fraction of sp³-hybridized carbons (Fsp3) is 0.0400. The molecule has 9 heteroatoms. The number of aromatic hydroxyl groups is 1. The number of rotatable bonds is 7. The molecule has 0 aromatic heterocycles. The van der Waals surface area contributed by atoms with Crippen LogP contribution in [0, 0.1) is 10.1 Å². The maximum Gasteiger partial charge on any atom is 0.275 e. The van der Waals surface area contributed by atoms with Crippen LogP contribution in [0.3, 0.4) is 0 Å². The largest absolute Gasteiger partial charge is 0.507 e. The Morgan fingerprint density at radius 3 is 2.59 bits per heavy atom. The smallest absolute Gasteiger partial charge is 0.275 e. The third-order valence-corrected chi connectivity index (χ3v) is 5.46. The molecular weight excluding hydrogens is 502 g/mol. The number of phenols is 1. The Morgan fingerprint density at radius 2 is 1.82 bits per heavy atom. The van der Waals surface area contributed by atoms with Crippen LogP contribution in [0.2, 0.25) is 0 Å². The van der Waals surface area contributed by atoms with E-state index < -0.39 is 10.8 Å². The van der Waals surface area contributed by atoms with Crippen molar-refractivity contribution in [3.8, 4) is 11.5 Å². The predicted molar refractivity (Wildman–Crippen MR) is 132 cm³/mol. The quantitative estimate of drug-likeness (QED) is 0.188. The molecule has 0 heterocycles. The molecule has 4 aromatic carbocycles. The van der Waals surface area contributed by atoms with E-state index in [2.05, 4.69) is 26.5 Å². The zero-order chi connectivity index (χ0) is 24.1. The molecule has 0 atom stereocenters. The van der Waals surface area contributed by atoms with Crippen LogP contribution >= 0.6 is 15.9 Å². The number of ether oxygens (including phenoxy) is 1. The zero-order valence-corrected chi connectivity index (χ0v) is 19.2. The lowest BCUT2D eigenvalue weighted by atomic mass is 10.1. The van der Waals surface area contributed by atoms with Gasteiger partial charge in [-0.2, -0.15) is 5.10 Å². The molecule has 0 bridgehead atoms. The van der Waals surface area contributed by atoms with Crippen LogP contribution in [0.15, 0.2) is 88.4 Å². The van der Waals surface area contributed by atoms with E-state index in [4.69, 9.17) is 4.74 Å².